The van der Waals surface area contributed by atoms with Gasteiger partial charge in [0.2, 0.25) is 5.91 Å². The van der Waals surface area contributed by atoms with Crippen LogP contribution in [-0.2, 0) is 4.79 Å². The van der Waals surface area contributed by atoms with Gasteiger partial charge in [0, 0.05) is 11.6 Å². The van der Waals surface area contributed by atoms with E-state index in [2.05, 4.69) is 21.6 Å². The summed E-state index contributed by atoms with van der Waals surface area (Å²) in [6.07, 6.45) is 5.07. The van der Waals surface area contributed by atoms with Gasteiger partial charge in [0.05, 0.1) is 12.6 Å². The van der Waals surface area contributed by atoms with Crippen molar-refractivity contribution in [3.63, 3.8) is 0 Å². The van der Waals surface area contributed by atoms with Gasteiger partial charge in [-0.1, -0.05) is 23.7 Å². The molecule has 4 nitrogen and oxygen atoms in total. The van der Waals surface area contributed by atoms with Crippen molar-refractivity contribution in [1.82, 2.24) is 15.5 Å². The van der Waals surface area contributed by atoms with E-state index in [-0.39, 0.29) is 36.8 Å². The zero-order valence-electron chi connectivity index (χ0n) is 14.4. The van der Waals surface area contributed by atoms with Crippen molar-refractivity contribution >= 4 is 42.3 Å². The maximum absolute atomic E-state index is 12.0. The summed E-state index contributed by atoms with van der Waals surface area (Å²) in [6.45, 7) is 4.21. The highest BCUT2D eigenvalue weighted by Crippen LogP contribution is 2.27. The molecule has 1 aromatic carbocycles. The average Bonchev–Trinajstić information content (AvgIpc) is 3.20. The molecule has 25 heavy (non-hydrogen) atoms. The monoisotopic (exact) mass is 407 g/mol. The molecule has 1 unspecified atom stereocenters. The number of carbonyl (C=O) groups is 1. The van der Waals surface area contributed by atoms with Crippen molar-refractivity contribution in [2.45, 2.75) is 31.7 Å². The van der Waals surface area contributed by atoms with Crippen LogP contribution in [0.2, 0.25) is 5.02 Å². The lowest BCUT2D eigenvalue weighted by atomic mass is 10.1. The molecule has 1 aliphatic carbocycles. The van der Waals surface area contributed by atoms with Gasteiger partial charge < -0.3 is 10.6 Å². The van der Waals surface area contributed by atoms with Crippen LogP contribution in [0.15, 0.2) is 24.3 Å². The average molecular weight is 409 g/mol. The molecule has 0 bridgehead atoms. The summed E-state index contributed by atoms with van der Waals surface area (Å²) in [5.74, 6) is 0.878. The van der Waals surface area contributed by atoms with Crippen LogP contribution in [0.3, 0.4) is 0 Å². The van der Waals surface area contributed by atoms with Crippen molar-refractivity contribution in [1.29, 1.82) is 0 Å². The molecule has 1 saturated heterocycles. The molecule has 7 heteroatoms. The first kappa shape index (κ1) is 22.5. The summed E-state index contributed by atoms with van der Waals surface area (Å²) in [6, 6.07) is 8.21. The Morgan fingerprint density at radius 3 is 2.60 bits per heavy atom. The lowest BCUT2D eigenvalue weighted by Gasteiger charge is -2.28. The van der Waals surface area contributed by atoms with E-state index in [4.69, 9.17) is 11.6 Å². The van der Waals surface area contributed by atoms with Crippen LogP contribution in [0.1, 0.15) is 37.3 Å². The van der Waals surface area contributed by atoms with Crippen LogP contribution in [-0.4, -0.2) is 43.5 Å². The Hall–Kier alpha value is -0.520. The fourth-order valence-corrected chi connectivity index (χ4v) is 3.41. The normalized spacial score (nSPS) is 18.1. The van der Waals surface area contributed by atoms with Gasteiger partial charge in [0.15, 0.2) is 0 Å². The quantitative estimate of drug-likeness (QED) is 0.692. The highest BCUT2D eigenvalue weighted by Gasteiger charge is 2.24. The lowest BCUT2D eigenvalue weighted by molar-refractivity contribution is -0.120. The first-order chi connectivity index (χ1) is 11.2. The Labute approximate surface area is 167 Å². The van der Waals surface area contributed by atoms with Crippen molar-refractivity contribution in [2.75, 3.05) is 32.7 Å². The van der Waals surface area contributed by atoms with Crippen molar-refractivity contribution < 1.29 is 4.79 Å². The van der Waals surface area contributed by atoms with Gasteiger partial charge in [-0.15, -0.1) is 24.8 Å². The van der Waals surface area contributed by atoms with Crippen molar-refractivity contribution in [3.05, 3.63) is 34.9 Å². The lowest BCUT2D eigenvalue weighted by Crippen LogP contribution is -2.40. The molecule has 1 aromatic rings. The number of hydrogen-bond donors (Lipinski definition) is 2. The van der Waals surface area contributed by atoms with Gasteiger partial charge in [0.1, 0.15) is 0 Å². The number of nitrogens with zero attached hydrogens (tertiary/aromatic N) is 1. The van der Waals surface area contributed by atoms with Crippen molar-refractivity contribution in [3.8, 4) is 0 Å². The van der Waals surface area contributed by atoms with E-state index in [1.54, 1.807) is 0 Å². The summed E-state index contributed by atoms with van der Waals surface area (Å²) < 4.78 is 0. The van der Waals surface area contributed by atoms with E-state index < -0.39 is 0 Å². The molecule has 1 atom stereocenters. The minimum absolute atomic E-state index is 0. The second kappa shape index (κ2) is 11.2. The van der Waals surface area contributed by atoms with Gasteiger partial charge >= 0.3 is 0 Å². The number of rotatable bonds is 8. The maximum Gasteiger partial charge on any atom is 0.234 e. The smallest absolute Gasteiger partial charge is 0.234 e. The number of likely N-dealkylation sites (tertiary alicyclic amines) is 1. The predicted molar refractivity (Wildman–Crippen MR) is 108 cm³/mol. The fraction of sp³-hybridized carbons (Fsp3) is 0.611. The van der Waals surface area contributed by atoms with E-state index in [0.29, 0.717) is 13.1 Å². The second-order valence-electron chi connectivity index (χ2n) is 6.69. The zero-order valence-corrected chi connectivity index (χ0v) is 16.8. The van der Waals surface area contributed by atoms with Crippen LogP contribution in [0, 0.1) is 5.92 Å². The first-order valence-electron chi connectivity index (χ1n) is 8.69. The number of nitrogens with one attached hydrogen (secondary N) is 2. The van der Waals surface area contributed by atoms with Crippen LogP contribution < -0.4 is 10.6 Å². The third kappa shape index (κ3) is 7.32. The summed E-state index contributed by atoms with van der Waals surface area (Å²) in [5.41, 5.74) is 1.19. The third-order valence-corrected chi connectivity index (χ3v) is 4.96. The first-order valence-corrected chi connectivity index (χ1v) is 9.07. The molecule has 1 aliphatic heterocycles. The topological polar surface area (TPSA) is 44.4 Å². The third-order valence-electron chi connectivity index (χ3n) is 4.72. The number of carbonyl (C=O) groups excluding carboxylic acids is 1. The van der Waals surface area contributed by atoms with Gasteiger partial charge in [-0.2, -0.15) is 0 Å². The van der Waals surface area contributed by atoms with E-state index in [9.17, 15) is 4.79 Å². The fourth-order valence-electron chi connectivity index (χ4n) is 3.21. The summed E-state index contributed by atoms with van der Waals surface area (Å²) in [7, 11) is 0. The Morgan fingerprint density at radius 1 is 1.24 bits per heavy atom. The molecular weight excluding hydrogens is 381 g/mol. The molecule has 0 aromatic heterocycles. The van der Waals surface area contributed by atoms with E-state index in [1.807, 2.05) is 18.2 Å². The minimum Gasteiger partial charge on any atom is -0.353 e. The second-order valence-corrected chi connectivity index (χ2v) is 7.13. The number of amides is 1. The highest BCUT2D eigenvalue weighted by atomic mass is 35.5. The maximum atomic E-state index is 12.0. The van der Waals surface area contributed by atoms with Crippen molar-refractivity contribution in [2.24, 2.45) is 5.92 Å². The number of hydrogen-bond acceptors (Lipinski definition) is 3. The Balaban J connectivity index is 0.00000156. The molecule has 3 rings (SSSR count). The molecule has 1 heterocycles. The molecule has 1 saturated carbocycles. The van der Waals surface area contributed by atoms with E-state index >= 15 is 0 Å². The van der Waals surface area contributed by atoms with Crippen LogP contribution in [0.25, 0.3) is 0 Å². The number of benzene rings is 1. The Morgan fingerprint density at radius 2 is 1.96 bits per heavy atom. The molecule has 2 N–H and O–H groups in total. The number of halogens is 3. The Kier molecular flexibility index (Phi) is 10.1. The molecule has 0 spiro atoms. The Bertz CT molecular complexity index is 534. The van der Waals surface area contributed by atoms with Crippen LogP contribution in [0.4, 0.5) is 0 Å². The molecule has 0 radical (unpaired) electrons. The van der Waals surface area contributed by atoms with Gasteiger partial charge in [-0.25, -0.2) is 0 Å². The zero-order chi connectivity index (χ0) is 16.1. The largest absolute Gasteiger partial charge is 0.353 e. The minimum atomic E-state index is 0. The summed E-state index contributed by atoms with van der Waals surface area (Å²) in [5, 5.41) is 7.08. The van der Waals surface area contributed by atoms with Gasteiger partial charge in [0.25, 0.3) is 0 Å². The van der Waals surface area contributed by atoms with Gasteiger partial charge in [-0.3, -0.25) is 9.69 Å². The summed E-state index contributed by atoms with van der Waals surface area (Å²) in [4.78, 5) is 14.5. The van der Waals surface area contributed by atoms with Crippen LogP contribution in [0.5, 0.6) is 0 Å². The highest BCUT2D eigenvalue weighted by molar-refractivity contribution is 6.30. The predicted octanol–water partition coefficient (Wildman–Crippen LogP) is 3.44. The van der Waals surface area contributed by atoms with Gasteiger partial charge in [-0.05, 0) is 68.9 Å². The molecule has 2 fully saturated rings. The molecule has 1 amide bonds. The van der Waals surface area contributed by atoms with E-state index in [1.165, 1.54) is 31.2 Å². The molecule has 2 aliphatic rings. The summed E-state index contributed by atoms with van der Waals surface area (Å²) >= 11 is 6.15. The molecule has 142 valence electrons. The molecular formula is C18H28Cl3N3O. The SMILES string of the molecule is Cl.Cl.O=C(CNCC1CC1)NCC(c1cccc(Cl)c1)N1CCCC1. The van der Waals surface area contributed by atoms with E-state index in [0.717, 1.165) is 30.6 Å². The van der Waals surface area contributed by atoms with Crippen LogP contribution >= 0.6 is 36.4 Å². The standard InChI is InChI=1S/C18H26ClN3O.2ClH/c19-16-5-3-4-15(10-16)17(22-8-1-2-9-22)12-21-18(23)13-20-11-14-6-7-14;;/h3-5,10,14,17,20H,1-2,6-9,11-13H2,(H,21,23);2*1H.